The van der Waals surface area contributed by atoms with Crippen LogP contribution in [-0.4, -0.2) is 19.1 Å². The number of pyridine rings is 2. The van der Waals surface area contributed by atoms with E-state index in [1.807, 2.05) is 84.9 Å². The number of aromatic nitrogens is 4. The summed E-state index contributed by atoms with van der Waals surface area (Å²) in [6.45, 7) is 0. The Morgan fingerprint density at radius 3 is 1.38 bits per heavy atom. The summed E-state index contributed by atoms with van der Waals surface area (Å²) < 4.78 is 10.5. The van der Waals surface area contributed by atoms with Crippen LogP contribution in [0.3, 0.4) is 0 Å². The second-order valence-electron chi connectivity index (χ2n) is 9.34. The van der Waals surface area contributed by atoms with Crippen molar-refractivity contribution in [1.29, 1.82) is 0 Å². The van der Waals surface area contributed by atoms with Crippen molar-refractivity contribution in [3.8, 4) is 23.1 Å². The van der Waals surface area contributed by atoms with Crippen LogP contribution in [0, 0.1) is 12.1 Å². The van der Waals surface area contributed by atoms with Gasteiger partial charge in [-0.15, -0.1) is 12.1 Å². The third kappa shape index (κ3) is 3.82. The van der Waals surface area contributed by atoms with E-state index in [1.54, 1.807) is 0 Å². The van der Waals surface area contributed by atoms with Crippen LogP contribution in [0.15, 0.2) is 121 Å². The molecule has 0 amide bonds. The molecule has 0 saturated carbocycles. The van der Waals surface area contributed by atoms with Crippen LogP contribution >= 0.6 is 0 Å². The number of rotatable bonds is 4. The predicted octanol–water partition coefficient (Wildman–Crippen LogP) is 8.06. The van der Waals surface area contributed by atoms with Crippen LogP contribution in [0.4, 0.5) is 0 Å². The molecule has 0 saturated heterocycles. The average molecular weight is 696 g/mol. The number of ether oxygens (including phenoxy) is 1. The molecule has 0 atom stereocenters. The molecule has 4 heterocycles. The van der Waals surface area contributed by atoms with Gasteiger partial charge in [-0.2, -0.15) is 58.5 Å². The first-order valence-corrected chi connectivity index (χ1v) is 12.8. The minimum atomic E-state index is 0. The number of nitrogens with zero attached hydrogens (tertiary/aromatic N) is 4. The zero-order chi connectivity index (χ0) is 25.8. The second kappa shape index (κ2) is 9.78. The van der Waals surface area contributed by atoms with Gasteiger partial charge in [-0.25, -0.2) is 0 Å². The minimum absolute atomic E-state index is 0. The van der Waals surface area contributed by atoms with E-state index in [4.69, 9.17) is 14.7 Å². The average Bonchev–Trinajstić information content (AvgIpc) is 3.50. The fourth-order valence-corrected chi connectivity index (χ4v) is 5.40. The molecule has 5 nitrogen and oxygen atoms in total. The summed E-state index contributed by atoms with van der Waals surface area (Å²) in [5, 5.41) is 4.37. The van der Waals surface area contributed by atoms with Gasteiger partial charge in [0.25, 0.3) is 0 Å². The van der Waals surface area contributed by atoms with Crippen LogP contribution in [0.1, 0.15) is 0 Å². The van der Waals surface area contributed by atoms with Crippen molar-refractivity contribution in [1.82, 2.24) is 19.1 Å². The second-order valence-corrected chi connectivity index (χ2v) is 9.34. The monoisotopic (exact) mass is 695 g/mol. The Hall–Kier alpha value is -4.73. The fourth-order valence-electron chi connectivity index (χ4n) is 5.40. The number of hydrogen-bond donors (Lipinski definition) is 0. The number of benzene rings is 4. The first-order chi connectivity index (χ1) is 19.3. The van der Waals surface area contributed by atoms with Gasteiger partial charge in [-0.3, -0.25) is 0 Å². The van der Waals surface area contributed by atoms with Crippen molar-refractivity contribution >= 4 is 43.9 Å². The van der Waals surface area contributed by atoms with E-state index in [2.05, 4.69) is 57.7 Å². The summed E-state index contributed by atoms with van der Waals surface area (Å²) in [5.41, 5.74) is 5.62. The van der Waals surface area contributed by atoms with E-state index in [0.717, 1.165) is 55.2 Å². The van der Waals surface area contributed by atoms with Gasteiger partial charge in [-0.1, -0.05) is 47.8 Å². The Morgan fingerprint density at radius 1 is 0.475 bits per heavy atom. The normalized spacial score (nSPS) is 11.3. The molecule has 0 N–H and O–H groups in total. The van der Waals surface area contributed by atoms with Gasteiger partial charge in [0.05, 0.1) is 11.0 Å². The minimum Gasteiger partial charge on any atom is -0.421 e. The molecule has 4 aromatic heterocycles. The standard InChI is InChI=1S/C34H20N4O.Pt/c1-3-11-23(12-4-1)37-29-17-9-7-15-25(29)27-19-21-31(35-33(27)37)39-32-22-20-28-26-16-8-10-18-30(26)38(34(28)36-32)24-13-5-2-6-14-24;/h1-11,13,15-22H;/q-2;+2. The topological polar surface area (TPSA) is 44.9 Å². The van der Waals surface area contributed by atoms with E-state index in [0.29, 0.717) is 11.8 Å². The molecule has 0 fully saturated rings. The van der Waals surface area contributed by atoms with Gasteiger partial charge in [0.15, 0.2) is 0 Å². The number of para-hydroxylation sites is 4. The molecule has 8 rings (SSSR count). The predicted molar refractivity (Wildman–Crippen MR) is 155 cm³/mol. The van der Waals surface area contributed by atoms with Crippen molar-refractivity contribution in [2.75, 3.05) is 0 Å². The van der Waals surface area contributed by atoms with E-state index in [1.165, 1.54) is 0 Å². The van der Waals surface area contributed by atoms with Crippen LogP contribution in [0.2, 0.25) is 0 Å². The molecule has 0 aliphatic heterocycles. The van der Waals surface area contributed by atoms with Gasteiger partial charge < -0.3 is 13.9 Å². The summed E-state index contributed by atoms with van der Waals surface area (Å²) in [4.78, 5) is 9.91. The van der Waals surface area contributed by atoms with Crippen molar-refractivity contribution in [3.05, 3.63) is 133 Å². The zero-order valence-electron chi connectivity index (χ0n) is 21.1. The number of fused-ring (bicyclic) bond motifs is 6. The molecule has 192 valence electrons. The third-order valence-electron chi connectivity index (χ3n) is 7.07. The molecule has 0 aliphatic carbocycles. The Morgan fingerprint density at radius 2 is 0.925 bits per heavy atom. The van der Waals surface area contributed by atoms with Crippen LogP contribution < -0.4 is 4.74 Å². The van der Waals surface area contributed by atoms with Crippen molar-refractivity contribution in [2.45, 2.75) is 0 Å². The Balaban J connectivity index is 0.00000264. The van der Waals surface area contributed by atoms with Crippen LogP contribution in [0.5, 0.6) is 11.8 Å². The quantitative estimate of drug-likeness (QED) is 0.175. The molecule has 0 radical (unpaired) electrons. The van der Waals surface area contributed by atoms with Crippen molar-refractivity contribution in [2.24, 2.45) is 0 Å². The maximum Gasteiger partial charge on any atom is 2.00 e. The summed E-state index contributed by atoms with van der Waals surface area (Å²) in [6.07, 6.45) is 0. The fraction of sp³-hybridized carbons (Fsp3) is 0. The smallest absolute Gasteiger partial charge is 0.421 e. The molecule has 0 bridgehead atoms. The van der Waals surface area contributed by atoms with Gasteiger partial charge >= 0.3 is 21.1 Å². The Kier molecular flexibility index (Phi) is 5.95. The largest absolute Gasteiger partial charge is 2.00 e. The Labute approximate surface area is 244 Å². The Bertz CT molecular complexity index is 2000. The van der Waals surface area contributed by atoms with Gasteiger partial charge in [-0.05, 0) is 24.3 Å². The van der Waals surface area contributed by atoms with Crippen LogP contribution in [-0.2, 0) is 21.1 Å². The summed E-state index contributed by atoms with van der Waals surface area (Å²) >= 11 is 0. The van der Waals surface area contributed by atoms with E-state index in [9.17, 15) is 0 Å². The summed E-state index contributed by atoms with van der Waals surface area (Å²) in [5.74, 6) is 0.951. The maximum atomic E-state index is 6.30. The number of hydrogen-bond acceptors (Lipinski definition) is 3. The zero-order valence-corrected chi connectivity index (χ0v) is 23.3. The van der Waals surface area contributed by atoms with Gasteiger partial charge in [0, 0.05) is 33.7 Å². The molecule has 0 aliphatic rings. The van der Waals surface area contributed by atoms with E-state index >= 15 is 0 Å². The van der Waals surface area contributed by atoms with Gasteiger partial charge in [0.2, 0.25) is 11.8 Å². The van der Waals surface area contributed by atoms with E-state index in [-0.39, 0.29) is 21.1 Å². The maximum absolute atomic E-state index is 6.30. The van der Waals surface area contributed by atoms with Crippen molar-refractivity contribution in [3.63, 3.8) is 0 Å². The molecule has 4 aromatic carbocycles. The first-order valence-electron chi connectivity index (χ1n) is 12.8. The van der Waals surface area contributed by atoms with Gasteiger partial charge in [0.1, 0.15) is 11.3 Å². The molecule has 0 unspecified atom stereocenters. The molecular formula is C34H20N4OPt. The first kappa shape index (κ1) is 24.3. The molecule has 8 aromatic rings. The molecule has 40 heavy (non-hydrogen) atoms. The summed E-state index contributed by atoms with van der Waals surface area (Å²) in [6, 6.07) is 47.1. The molecule has 6 heteroatoms. The van der Waals surface area contributed by atoms with Crippen LogP contribution in [0.25, 0.3) is 55.2 Å². The molecule has 0 spiro atoms. The van der Waals surface area contributed by atoms with Crippen molar-refractivity contribution < 1.29 is 25.8 Å². The molecular weight excluding hydrogens is 675 g/mol. The van der Waals surface area contributed by atoms with E-state index < -0.39 is 0 Å². The third-order valence-corrected chi connectivity index (χ3v) is 7.07. The SMILES string of the molecule is [Pt+2].[c-]1ccccc1-n1c2ccccc2c2ccc(Oc3ccc4c5ccccc5n(-c5[c-]cccc5)c4n3)nc21. The summed E-state index contributed by atoms with van der Waals surface area (Å²) in [7, 11) is 0.